The number of aryl methyl sites for hydroxylation is 2. The molecule has 0 atom stereocenters. The zero-order chi connectivity index (χ0) is 26.2. The summed E-state index contributed by atoms with van der Waals surface area (Å²) in [6.45, 7) is 7.92. The summed E-state index contributed by atoms with van der Waals surface area (Å²) < 4.78 is 6.11. The van der Waals surface area contributed by atoms with Crippen LogP contribution in [0.2, 0.25) is 0 Å². The number of aromatic nitrogens is 2. The van der Waals surface area contributed by atoms with Gasteiger partial charge in [0.1, 0.15) is 23.9 Å². The van der Waals surface area contributed by atoms with Crippen LogP contribution < -0.4 is 10.1 Å². The third-order valence-corrected chi connectivity index (χ3v) is 6.93. The second-order valence-corrected chi connectivity index (χ2v) is 9.85. The third kappa shape index (κ3) is 7.00. The largest absolute Gasteiger partial charge is 0.492 e. The van der Waals surface area contributed by atoms with Gasteiger partial charge in [-0.25, -0.2) is 9.97 Å². The van der Waals surface area contributed by atoms with Gasteiger partial charge < -0.3 is 10.1 Å². The maximum absolute atomic E-state index is 6.11. The lowest BCUT2D eigenvalue weighted by Crippen LogP contribution is -2.41. The number of benzene rings is 2. The van der Waals surface area contributed by atoms with Crippen LogP contribution in [-0.4, -0.2) is 47.2 Å². The Morgan fingerprint density at radius 1 is 0.895 bits per heavy atom. The van der Waals surface area contributed by atoms with Gasteiger partial charge in [-0.1, -0.05) is 47.9 Å². The number of anilines is 1. The number of ether oxygens (including phenoxy) is 1. The average molecular weight is 503 g/mol. The number of piperidine rings is 1. The average Bonchev–Trinajstić information content (AvgIpc) is 2.95. The van der Waals surface area contributed by atoms with Gasteiger partial charge in [0.2, 0.25) is 0 Å². The molecule has 2 aromatic heterocycles. The van der Waals surface area contributed by atoms with Crippen molar-refractivity contribution >= 4 is 5.82 Å². The molecular formula is C33H34N4O. The fourth-order valence-electron chi connectivity index (χ4n) is 4.65. The van der Waals surface area contributed by atoms with Gasteiger partial charge in [-0.05, 0) is 80.1 Å². The quantitative estimate of drug-likeness (QED) is 0.309. The molecule has 5 nitrogen and oxygen atoms in total. The molecule has 5 heteroatoms. The van der Waals surface area contributed by atoms with Crippen molar-refractivity contribution in [1.29, 1.82) is 0 Å². The van der Waals surface area contributed by atoms with Crippen LogP contribution in [0.4, 0.5) is 5.82 Å². The number of hydrogen-bond acceptors (Lipinski definition) is 5. The lowest BCUT2D eigenvalue weighted by atomic mass is 10.1. The predicted molar refractivity (Wildman–Crippen MR) is 154 cm³/mol. The lowest BCUT2D eigenvalue weighted by Gasteiger charge is -2.32. The van der Waals surface area contributed by atoms with Gasteiger partial charge in [-0.2, -0.15) is 0 Å². The first kappa shape index (κ1) is 25.5. The molecule has 0 radical (unpaired) electrons. The minimum atomic E-state index is 0.485. The summed E-state index contributed by atoms with van der Waals surface area (Å²) in [7, 11) is 0. The van der Waals surface area contributed by atoms with E-state index in [1.54, 1.807) is 0 Å². The van der Waals surface area contributed by atoms with Gasteiger partial charge in [0.25, 0.3) is 0 Å². The van der Waals surface area contributed by atoms with Crippen LogP contribution in [0, 0.1) is 25.7 Å². The number of nitrogens with one attached hydrogen (secondary N) is 1. The van der Waals surface area contributed by atoms with Crippen molar-refractivity contribution in [3.63, 3.8) is 0 Å². The van der Waals surface area contributed by atoms with Gasteiger partial charge in [-0.3, -0.25) is 4.90 Å². The number of pyridine rings is 2. The molecule has 0 spiro atoms. The fraction of sp³-hybridized carbons (Fsp3) is 0.273. The highest BCUT2D eigenvalue weighted by atomic mass is 16.5. The number of hydrogen-bond donors (Lipinski definition) is 1. The van der Waals surface area contributed by atoms with E-state index in [2.05, 4.69) is 82.3 Å². The maximum Gasteiger partial charge on any atom is 0.126 e. The standard InChI is InChI=1S/C33H34N4O/c1-25-6-10-28(11-7-25)29-12-14-30(35-24-29)13-8-27-9-15-32(26(2)23-27)38-22-21-37-19-16-31(17-20-37)36-33-5-3-4-18-34-33/h3-7,9-12,14-15,18,23-24,31H,16-17,19-22H2,1-2H3,(H,34,36). The van der Waals surface area contributed by atoms with E-state index in [4.69, 9.17) is 4.74 Å². The van der Waals surface area contributed by atoms with Crippen LogP contribution in [0.15, 0.2) is 85.2 Å². The maximum atomic E-state index is 6.11. The van der Waals surface area contributed by atoms with E-state index < -0.39 is 0 Å². The first-order chi connectivity index (χ1) is 18.6. The second-order valence-electron chi connectivity index (χ2n) is 9.85. The first-order valence-corrected chi connectivity index (χ1v) is 13.3. The Morgan fingerprint density at radius 3 is 2.42 bits per heavy atom. The monoisotopic (exact) mass is 502 g/mol. The van der Waals surface area contributed by atoms with Crippen LogP contribution in [0.1, 0.15) is 35.2 Å². The molecule has 1 fully saturated rings. The molecule has 38 heavy (non-hydrogen) atoms. The van der Waals surface area contributed by atoms with Crippen LogP contribution in [0.3, 0.4) is 0 Å². The molecule has 0 bridgehead atoms. The summed E-state index contributed by atoms with van der Waals surface area (Å²) in [5.74, 6) is 8.30. The van der Waals surface area contributed by atoms with Crippen LogP contribution >= 0.6 is 0 Å². The molecule has 5 rings (SSSR count). The Morgan fingerprint density at radius 2 is 1.71 bits per heavy atom. The van der Waals surface area contributed by atoms with E-state index in [-0.39, 0.29) is 0 Å². The Balaban J connectivity index is 1.08. The Hall–Kier alpha value is -4.14. The molecule has 1 aliphatic rings. The lowest BCUT2D eigenvalue weighted by molar-refractivity contribution is 0.177. The zero-order valence-corrected chi connectivity index (χ0v) is 22.2. The minimum Gasteiger partial charge on any atom is -0.492 e. The molecule has 2 aromatic carbocycles. The predicted octanol–water partition coefficient (Wildman–Crippen LogP) is 6.12. The van der Waals surface area contributed by atoms with Crippen LogP contribution in [0.5, 0.6) is 5.75 Å². The molecule has 0 amide bonds. The van der Waals surface area contributed by atoms with Gasteiger partial charge in [0, 0.05) is 49.2 Å². The molecule has 0 unspecified atom stereocenters. The van der Waals surface area contributed by atoms with Gasteiger partial charge >= 0.3 is 0 Å². The molecular weight excluding hydrogens is 468 g/mol. The number of nitrogens with zero attached hydrogens (tertiary/aromatic N) is 3. The zero-order valence-electron chi connectivity index (χ0n) is 22.2. The minimum absolute atomic E-state index is 0.485. The Labute approximate surface area is 225 Å². The Bertz CT molecular complexity index is 1380. The van der Waals surface area contributed by atoms with Crippen molar-refractivity contribution in [1.82, 2.24) is 14.9 Å². The van der Waals surface area contributed by atoms with Gasteiger partial charge in [0.05, 0.1) is 0 Å². The SMILES string of the molecule is Cc1ccc(-c2ccc(C#Cc3ccc(OCCN4CCC(Nc5ccccn5)CC4)c(C)c3)nc2)cc1. The van der Waals surface area contributed by atoms with E-state index in [0.717, 1.165) is 72.0 Å². The fourth-order valence-corrected chi connectivity index (χ4v) is 4.65. The summed E-state index contributed by atoms with van der Waals surface area (Å²) in [5.41, 5.74) is 6.33. The molecule has 192 valence electrons. The van der Waals surface area contributed by atoms with Crippen molar-refractivity contribution in [3.8, 4) is 28.7 Å². The van der Waals surface area contributed by atoms with E-state index in [9.17, 15) is 0 Å². The van der Waals surface area contributed by atoms with E-state index in [1.165, 1.54) is 5.56 Å². The summed E-state index contributed by atoms with van der Waals surface area (Å²) in [4.78, 5) is 11.4. The topological polar surface area (TPSA) is 50.3 Å². The molecule has 0 aliphatic carbocycles. The summed E-state index contributed by atoms with van der Waals surface area (Å²) >= 11 is 0. The van der Waals surface area contributed by atoms with E-state index in [0.29, 0.717) is 12.6 Å². The normalized spacial score (nSPS) is 13.9. The molecule has 4 aromatic rings. The second kappa shape index (κ2) is 12.4. The highest BCUT2D eigenvalue weighted by Crippen LogP contribution is 2.21. The van der Waals surface area contributed by atoms with Crippen molar-refractivity contribution in [2.24, 2.45) is 0 Å². The van der Waals surface area contributed by atoms with Crippen molar-refractivity contribution in [3.05, 3.63) is 108 Å². The molecule has 1 aliphatic heterocycles. The molecule has 1 N–H and O–H groups in total. The van der Waals surface area contributed by atoms with Crippen LogP contribution in [-0.2, 0) is 0 Å². The van der Waals surface area contributed by atoms with Crippen LogP contribution in [0.25, 0.3) is 11.1 Å². The third-order valence-electron chi connectivity index (χ3n) is 6.93. The van der Waals surface area contributed by atoms with E-state index >= 15 is 0 Å². The number of likely N-dealkylation sites (tertiary alicyclic amines) is 1. The summed E-state index contributed by atoms with van der Waals surface area (Å²) in [5, 5.41) is 3.54. The summed E-state index contributed by atoms with van der Waals surface area (Å²) in [6.07, 6.45) is 5.95. The highest BCUT2D eigenvalue weighted by molar-refractivity contribution is 5.63. The van der Waals surface area contributed by atoms with Crippen molar-refractivity contribution in [2.75, 3.05) is 31.6 Å². The highest BCUT2D eigenvalue weighted by Gasteiger charge is 2.19. The Kier molecular flexibility index (Phi) is 8.32. The van der Waals surface area contributed by atoms with Gasteiger partial charge in [0.15, 0.2) is 0 Å². The first-order valence-electron chi connectivity index (χ1n) is 13.3. The van der Waals surface area contributed by atoms with Crippen molar-refractivity contribution in [2.45, 2.75) is 32.7 Å². The number of rotatable bonds is 7. The smallest absolute Gasteiger partial charge is 0.126 e. The van der Waals surface area contributed by atoms with E-state index in [1.807, 2.05) is 48.8 Å². The molecule has 3 heterocycles. The summed E-state index contributed by atoms with van der Waals surface area (Å²) in [6, 6.07) is 25.1. The van der Waals surface area contributed by atoms with Gasteiger partial charge in [-0.15, -0.1) is 0 Å². The molecule has 0 saturated carbocycles. The molecule has 1 saturated heterocycles. The van der Waals surface area contributed by atoms with Crippen molar-refractivity contribution < 1.29 is 4.74 Å².